The van der Waals surface area contributed by atoms with Gasteiger partial charge in [-0.05, 0) is 99.1 Å². The second-order valence-electron chi connectivity index (χ2n) is 30.2. The van der Waals surface area contributed by atoms with E-state index >= 15 is 0 Å². The van der Waals surface area contributed by atoms with Crippen molar-refractivity contribution in [2.75, 3.05) is 14.2 Å². The van der Waals surface area contributed by atoms with Crippen molar-refractivity contribution in [3.8, 4) is 113 Å². The minimum absolute atomic E-state index is 0. The molecule has 0 aliphatic rings. The summed E-state index contributed by atoms with van der Waals surface area (Å²) in [4.78, 5) is 47.6. The van der Waals surface area contributed by atoms with Crippen LogP contribution in [0.1, 0.15) is 117 Å². The summed E-state index contributed by atoms with van der Waals surface area (Å²) in [7, 11) is -3.84. The van der Waals surface area contributed by atoms with Crippen molar-refractivity contribution >= 4 is 10.1 Å². The number of alkyl halides is 3. The molecule has 14 aromatic rings. The molecule has 0 atom stereocenters. The van der Waals surface area contributed by atoms with Gasteiger partial charge in [0.1, 0.15) is 0 Å². The van der Waals surface area contributed by atoms with E-state index in [0.717, 1.165) is 104 Å². The Labute approximate surface area is 708 Å². The molecule has 116 heavy (non-hydrogen) atoms. The SMILES string of the molecule is CC(C)(C)c1ccc(-c2nc(-c3ccc(C(C)(C)C)cc3)nc(-c3ccc(-c4[c-]cccc4)nc3)n2)cc1.CC(C)(C)c1ccc(-c2nc(-c3ccc(C(C)(C)C)cc3)nc(-c3ccc(-c4ccccc4)nc3)n2)cc1.CO.CO.Cc1cccc(-c2[c-]cccc2)n1.Cc1cccc(-c2[c-]cccc2)n1.O=S(=O)(O)C(F)(F)F.[Ir].[Ir]. The van der Waals surface area contributed by atoms with E-state index in [-0.39, 0.29) is 61.9 Å². The molecule has 6 heterocycles. The van der Waals surface area contributed by atoms with Crippen molar-refractivity contribution in [1.29, 1.82) is 0 Å². The summed E-state index contributed by atoms with van der Waals surface area (Å²) >= 11 is 0. The fourth-order valence-corrected chi connectivity index (χ4v) is 11.0. The van der Waals surface area contributed by atoms with Crippen LogP contribution in [-0.4, -0.2) is 92.8 Å². The zero-order chi connectivity index (χ0) is 83.0. The van der Waals surface area contributed by atoms with Crippen LogP contribution in [0.25, 0.3) is 113 Å². The summed E-state index contributed by atoms with van der Waals surface area (Å²) in [6.07, 6.45) is 3.67. The maximum absolute atomic E-state index is 10.7. The number of benzene rings is 8. The number of hydrogen-bond donors (Lipinski definition) is 3. The van der Waals surface area contributed by atoms with Gasteiger partial charge in [0.2, 0.25) is 0 Å². The van der Waals surface area contributed by atoms with Gasteiger partial charge in [0.15, 0.2) is 34.9 Å². The summed E-state index contributed by atoms with van der Waals surface area (Å²) < 4.78 is 57.5. The van der Waals surface area contributed by atoms with Gasteiger partial charge in [-0.1, -0.05) is 247 Å². The number of hydrogen-bond acceptors (Lipinski definition) is 14. The number of halogens is 3. The Kier molecular flexibility index (Phi) is 34.7. The fraction of sp³-hybridized carbons (Fsp3) is 0.221. The van der Waals surface area contributed by atoms with Gasteiger partial charge in [-0.2, -0.15) is 21.6 Å². The van der Waals surface area contributed by atoms with Crippen molar-refractivity contribution in [2.45, 2.75) is 124 Å². The van der Waals surface area contributed by atoms with Crippen LogP contribution in [0.15, 0.2) is 273 Å². The first kappa shape index (κ1) is 94.2. The van der Waals surface area contributed by atoms with E-state index in [1.54, 1.807) is 0 Å². The van der Waals surface area contributed by atoms with E-state index in [1.165, 1.54) is 22.3 Å². The first-order valence-electron chi connectivity index (χ1n) is 36.8. The summed E-state index contributed by atoms with van der Waals surface area (Å²) in [6, 6.07) is 97.4. The van der Waals surface area contributed by atoms with Gasteiger partial charge in [0.25, 0.3) is 0 Å². The molecule has 6 aromatic heterocycles. The minimum Gasteiger partial charge on any atom is -0.400 e. The quantitative estimate of drug-likeness (QED) is 0.0658. The second-order valence-corrected chi connectivity index (χ2v) is 31.6. The van der Waals surface area contributed by atoms with Crippen molar-refractivity contribution in [1.82, 2.24) is 49.8 Å². The van der Waals surface area contributed by atoms with Crippen LogP contribution in [0, 0.1) is 32.0 Å². The summed E-state index contributed by atoms with van der Waals surface area (Å²) in [6.45, 7) is 30.6. The van der Waals surface area contributed by atoms with Crippen molar-refractivity contribution in [2.24, 2.45) is 0 Å². The van der Waals surface area contributed by atoms with Crippen LogP contribution in [0.2, 0.25) is 0 Å². The molecule has 0 unspecified atom stereocenters. The molecule has 15 nitrogen and oxygen atoms in total. The van der Waals surface area contributed by atoms with Gasteiger partial charge >= 0.3 is 15.6 Å². The van der Waals surface area contributed by atoms with Crippen LogP contribution in [0.3, 0.4) is 0 Å². The van der Waals surface area contributed by atoms with Crippen molar-refractivity contribution < 1.29 is 76.6 Å². The van der Waals surface area contributed by atoms with Gasteiger partial charge in [-0.3, -0.25) is 9.54 Å². The zero-order valence-corrected chi connectivity index (χ0v) is 73.4. The molecule has 0 amide bonds. The molecule has 3 N–H and O–H groups in total. The molecule has 2 radical (unpaired) electrons. The van der Waals surface area contributed by atoms with Crippen molar-refractivity contribution in [3.05, 3.63) is 325 Å². The monoisotopic (exact) mass is 1930 g/mol. The normalized spacial score (nSPS) is 11.1. The van der Waals surface area contributed by atoms with E-state index in [9.17, 15) is 13.2 Å². The Bertz CT molecular complexity index is 4980. The van der Waals surface area contributed by atoms with E-state index in [4.69, 9.17) is 58.1 Å². The molecule has 604 valence electrons. The fourth-order valence-electron chi connectivity index (χ4n) is 11.0. The third-order valence-corrected chi connectivity index (χ3v) is 18.0. The molecule has 0 fully saturated rings. The molecule has 0 spiro atoms. The third kappa shape index (κ3) is 27.5. The Morgan fingerprint density at radius 3 is 0.767 bits per heavy atom. The number of aliphatic hydroxyl groups excluding tert-OH is 2. The number of aryl methyl sites for hydroxylation is 2. The van der Waals surface area contributed by atoms with E-state index < -0.39 is 15.6 Å². The van der Waals surface area contributed by atoms with Crippen LogP contribution in [-0.2, 0) is 72.0 Å². The molecule has 0 bridgehead atoms. The molecule has 0 aliphatic heterocycles. The molecule has 21 heteroatoms. The Hall–Kier alpha value is -10.7. The number of nitrogens with zero attached hydrogens (tertiary/aromatic N) is 10. The van der Waals surface area contributed by atoms with Crippen molar-refractivity contribution in [3.63, 3.8) is 0 Å². The summed E-state index contributed by atoms with van der Waals surface area (Å²) in [5, 5.41) is 14.0. The average Bonchev–Trinajstić information content (AvgIpc) is 0.793. The Morgan fingerprint density at radius 1 is 0.284 bits per heavy atom. The molecule has 14 rings (SSSR count). The first-order valence-corrected chi connectivity index (χ1v) is 38.2. The number of aromatic nitrogens is 10. The first-order chi connectivity index (χ1) is 54.1. The zero-order valence-electron chi connectivity index (χ0n) is 67.8. The topological polar surface area (TPSA) is 224 Å². The molecular formula is C95H96F3Ir2N10O5S-3. The molecule has 0 aliphatic carbocycles. The van der Waals surface area contributed by atoms with Gasteiger partial charge in [-0.15, -0.1) is 108 Å². The van der Waals surface area contributed by atoms with Gasteiger partial charge in [-0.25, -0.2) is 29.9 Å². The van der Waals surface area contributed by atoms with E-state index in [0.29, 0.717) is 34.9 Å². The van der Waals surface area contributed by atoms with Crippen LogP contribution in [0.4, 0.5) is 13.2 Å². The van der Waals surface area contributed by atoms with Crippen LogP contribution >= 0.6 is 0 Å². The number of rotatable bonds is 10. The van der Waals surface area contributed by atoms with Gasteiger partial charge in [0.05, 0.1) is 5.69 Å². The van der Waals surface area contributed by atoms with Gasteiger partial charge in [0, 0.05) is 117 Å². The number of pyridine rings is 4. The summed E-state index contributed by atoms with van der Waals surface area (Å²) in [5.74, 6) is 3.80. The van der Waals surface area contributed by atoms with Crippen LogP contribution in [0.5, 0.6) is 0 Å². The predicted molar refractivity (Wildman–Crippen MR) is 453 cm³/mol. The predicted octanol–water partition coefficient (Wildman–Crippen LogP) is 22.2. The third-order valence-electron chi connectivity index (χ3n) is 17.4. The standard InChI is InChI=1S/C34H34N4.C34H33N4.2C12H10N.CHF3O3S.2CH4O.2Ir/c2*1-33(2,3)27-17-12-24(13-18-27)30-36-31(25-14-19-28(20-15-25)34(4,5)6)38-32(37-30)26-16-21-29(35-22-26)23-10-8-7-9-11-23;2*1-10-6-5-9-12(13-10)11-7-3-2-4-8-11;2-1(3,4)8(5,6)7;2*1-2;;/h7-22H,1-6H3;7-10,12-22H,1-6H3;2*2-7,9H,1H3;(H,5,6,7);2*2H,1H3;;/q;3*-1;;;;;. The minimum atomic E-state index is -5.84. The average molecular weight is 1930 g/mol. The molecule has 0 saturated heterocycles. The van der Waals surface area contributed by atoms with E-state index in [2.05, 4.69) is 225 Å². The molecule has 0 saturated carbocycles. The van der Waals surface area contributed by atoms with E-state index in [1.807, 2.05) is 178 Å². The maximum Gasteiger partial charge on any atom is 0.522 e. The summed E-state index contributed by atoms with van der Waals surface area (Å²) in [5.41, 5.74) is 15.3. The maximum atomic E-state index is 10.7. The molecule has 8 aromatic carbocycles. The largest absolute Gasteiger partial charge is 0.522 e. The van der Waals surface area contributed by atoms with Gasteiger partial charge < -0.3 is 25.2 Å². The van der Waals surface area contributed by atoms with Crippen LogP contribution < -0.4 is 0 Å². The second kappa shape index (κ2) is 42.8. The molecular weight excluding hydrogens is 1830 g/mol. The number of aliphatic hydroxyl groups is 2. The Morgan fingerprint density at radius 2 is 0.534 bits per heavy atom. The smallest absolute Gasteiger partial charge is 0.400 e. The Balaban J connectivity index is 0.000000247.